The van der Waals surface area contributed by atoms with Crippen LogP contribution in [0.25, 0.3) is 0 Å². The molecule has 1 aromatic heterocycles. The first kappa shape index (κ1) is 14.3. The molecule has 0 bridgehead atoms. The van der Waals surface area contributed by atoms with Gasteiger partial charge in [-0.05, 0) is 29.8 Å². The first-order valence-electron chi connectivity index (χ1n) is 5.63. The third-order valence-electron chi connectivity index (χ3n) is 2.46. The fraction of sp³-hybridized carbons (Fsp3) is 0.154. The number of benzene rings is 1. The van der Waals surface area contributed by atoms with Gasteiger partial charge in [0.2, 0.25) is 0 Å². The summed E-state index contributed by atoms with van der Waals surface area (Å²) in [7, 11) is 0. The smallest absolute Gasteiger partial charge is 0.140 e. The fourth-order valence-corrected chi connectivity index (χ4v) is 2.16. The maximum Gasteiger partial charge on any atom is 0.140 e. The molecule has 0 amide bonds. The van der Waals surface area contributed by atoms with Gasteiger partial charge < -0.3 is 10.2 Å². The lowest BCUT2D eigenvalue weighted by atomic mass is 10.2. The lowest BCUT2D eigenvalue weighted by molar-refractivity contribution is 0.105. The van der Waals surface area contributed by atoms with Gasteiger partial charge in [-0.15, -0.1) is 0 Å². The summed E-state index contributed by atoms with van der Waals surface area (Å²) in [5, 5.41) is 0.563. The Morgan fingerprint density at radius 3 is 2.84 bits per heavy atom. The monoisotopic (exact) mass is 341 g/mol. The number of hydrogen-bond donors (Lipinski definition) is 2. The van der Waals surface area contributed by atoms with E-state index in [-0.39, 0.29) is 0 Å². The molecule has 0 aliphatic heterocycles. The summed E-state index contributed by atoms with van der Waals surface area (Å²) in [6, 6.07) is 11.4. The highest BCUT2D eigenvalue weighted by atomic mass is 79.9. The predicted octanol–water partition coefficient (Wildman–Crippen LogP) is 3.50. The van der Waals surface area contributed by atoms with Gasteiger partial charge in [-0.1, -0.05) is 39.7 Å². The van der Waals surface area contributed by atoms with Crippen LogP contribution in [0.2, 0.25) is 5.02 Å². The highest BCUT2D eigenvalue weighted by molar-refractivity contribution is 9.10. The number of nitrogen functional groups attached to an aromatic ring is 1. The third-order valence-corrected chi connectivity index (χ3v) is 3.30. The Kier molecular flexibility index (Phi) is 5.15. The van der Waals surface area contributed by atoms with Crippen LogP contribution in [0, 0.1) is 0 Å². The Morgan fingerprint density at radius 1 is 1.26 bits per heavy atom. The largest absolute Gasteiger partial charge is 0.370 e. The number of halogens is 2. The van der Waals surface area contributed by atoms with Gasteiger partial charge in [-0.25, -0.2) is 10.8 Å². The summed E-state index contributed by atoms with van der Waals surface area (Å²) in [5.41, 5.74) is 4.22. The van der Waals surface area contributed by atoms with Crippen LogP contribution in [0.1, 0.15) is 11.3 Å². The number of nitrogens with two attached hydrogens (primary N) is 1. The van der Waals surface area contributed by atoms with E-state index in [0.29, 0.717) is 29.7 Å². The summed E-state index contributed by atoms with van der Waals surface area (Å²) in [4.78, 5) is 4.24. The van der Waals surface area contributed by atoms with Gasteiger partial charge in [0.25, 0.3) is 0 Å². The van der Waals surface area contributed by atoms with Crippen molar-refractivity contribution in [2.45, 2.75) is 13.2 Å². The van der Waals surface area contributed by atoms with Crippen LogP contribution in [0.15, 0.2) is 40.9 Å². The van der Waals surface area contributed by atoms with E-state index < -0.39 is 0 Å². The molecule has 0 unspecified atom stereocenters. The molecule has 4 nitrogen and oxygen atoms in total. The molecule has 0 saturated carbocycles. The Hall–Kier alpha value is -1.14. The molecule has 0 radical (unpaired) electrons. The van der Waals surface area contributed by atoms with E-state index in [9.17, 15) is 0 Å². The SMILES string of the molecule is NNc1ccc(Cl)c(COCc2cccc(Br)c2)n1. The van der Waals surface area contributed by atoms with Gasteiger partial charge in [0.1, 0.15) is 5.82 Å². The summed E-state index contributed by atoms with van der Waals surface area (Å²) in [6.07, 6.45) is 0. The number of pyridine rings is 1. The minimum absolute atomic E-state index is 0.334. The van der Waals surface area contributed by atoms with Crippen molar-refractivity contribution in [1.82, 2.24) is 4.98 Å². The quantitative estimate of drug-likeness (QED) is 0.645. The maximum absolute atomic E-state index is 6.04. The zero-order valence-electron chi connectivity index (χ0n) is 10.1. The number of ether oxygens (including phenoxy) is 1. The molecule has 100 valence electrons. The van der Waals surface area contributed by atoms with E-state index in [1.165, 1.54) is 0 Å². The lowest BCUT2D eigenvalue weighted by Gasteiger charge is -2.08. The van der Waals surface area contributed by atoms with Crippen LogP contribution >= 0.6 is 27.5 Å². The highest BCUT2D eigenvalue weighted by Crippen LogP contribution is 2.18. The van der Waals surface area contributed by atoms with Gasteiger partial charge in [-0.3, -0.25) is 0 Å². The van der Waals surface area contributed by atoms with Crippen LogP contribution in [0.4, 0.5) is 5.82 Å². The van der Waals surface area contributed by atoms with Gasteiger partial charge in [-0.2, -0.15) is 0 Å². The highest BCUT2D eigenvalue weighted by Gasteiger charge is 2.04. The van der Waals surface area contributed by atoms with Crippen LogP contribution < -0.4 is 11.3 Å². The van der Waals surface area contributed by atoms with Gasteiger partial charge >= 0.3 is 0 Å². The molecular formula is C13H13BrClN3O. The third kappa shape index (κ3) is 4.18. The lowest BCUT2D eigenvalue weighted by Crippen LogP contribution is -2.09. The molecule has 0 aliphatic rings. The van der Waals surface area contributed by atoms with Gasteiger partial charge in [0.15, 0.2) is 0 Å². The molecule has 0 atom stereocenters. The Morgan fingerprint density at radius 2 is 2.11 bits per heavy atom. The summed E-state index contributed by atoms with van der Waals surface area (Å²) < 4.78 is 6.63. The first-order valence-corrected chi connectivity index (χ1v) is 6.80. The van der Waals surface area contributed by atoms with Crippen LogP contribution in [-0.2, 0) is 18.0 Å². The number of nitrogens with one attached hydrogen (secondary N) is 1. The second-order valence-corrected chi connectivity index (χ2v) is 5.21. The normalized spacial score (nSPS) is 10.5. The molecule has 1 heterocycles. The molecule has 2 aromatic rings. The van der Waals surface area contributed by atoms with Crippen molar-refractivity contribution >= 4 is 33.3 Å². The second kappa shape index (κ2) is 6.86. The van der Waals surface area contributed by atoms with Crippen LogP contribution in [-0.4, -0.2) is 4.98 Å². The number of anilines is 1. The van der Waals surface area contributed by atoms with Crippen molar-refractivity contribution in [1.29, 1.82) is 0 Å². The molecule has 1 aromatic carbocycles. The van der Waals surface area contributed by atoms with Crippen molar-refractivity contribution in [3.63, 3.8) is 0 Å². The zero-order valence-corrected chi connectivity index (χ0v) is 12.4. The van der Waals surface area contributed by atoms with E-state index >= 15 is 0 Å². The summed E-state index contributed by atoms with van der Waals surface area (Å²) >= 11 is 9.46. The topological polar surface area (TPSA) is 60.2 Å². The van der Waals surface area contributed by atoms with Crippen LogP contribution in [0.5, 0.6) is 0 Å². The second-order valence-electron chi connectivity index (χ2n) is 3.89. The number of rotatable bonds is 5. The van der Waals surface area contributed by atoms with Crippen molar-refractivity contribution in [2.75, 3.05) is 5.43 Å². The molecule has 0 saturated heterocycles. The van der Waals surface area contributed by atoms with Crippen molar-refractivity contribution in [3.05, 3.63) is 57.2 Å². The Bertz CT molecular complexity index is 565. The number of hydrazine groups is 1. The van der Waals surface area contributed by atoms with Crippen molar-refractivity contribution < 1.29 is 4.74 Å². The van der Waals surface area contributed by atoms with E-state index in [0.717, 1.165) is 10.0 Å². The first-order chi connectivity index (χ1) is 9.19. The molecule has 0 aliphatic carbocycles. The maximum atomic E-state index is 6.04. The summed E-state index contributed by atoms with van der Waals surface area (Å²) in [6.45, 7) is 0.832. The molecule has 6 heteroatoms. The van der Waals surface area contributed by atoms with Crippen molar-refractivity contribution in [2.24, 2.45) is 5.84 Å². The van der Waals surface area contributed by atoms with E-state index in [4.69, 9.17) is 22.2 Å². The van der Waals surface area contributed by atoms with Crippen molar-refractivity contribution in [3.8, 4) is 0 Å². The molecule has 3 N–H and O–H groups in total. The number of hydrogen-bond acceptors (Lipinski definition) is 4. The van der Waals surface area contributed by atoms with Gasteiger partial charge in [0, 0.05) is 4.47 Å². The fourth-order valence-electron chi connectivity index (χ4n) is 1.56. The Balaban J connectivity index is 1.95. The average molecular weight is 343 g/mol. The Labute approximate surface area is 125 Å². The average Bonchev–Trinajstić information content (AvgIpc) is 2.41. The molecular weight excluding hydrogens is 330 g/mol. The standard InChI is InChI=1S/C13H13BrClN3O/c14-10-3-1-2-9(6-10)7-19-8-12-11(15)4-5-13(17-12)18-16/h1-6H,7-8,16H2,(H,17,18). The molecule has 0 fully saturated rings. The number of nitrogens with zero attached hydrogens (tertiary/aromatic N) is 1. The predicted molar refractivity (Wildman–Crippen MR) is 79.7 cm³/mol. The molecule has 19 heavy (non-hydrogen) atoms. The number of aromatic nitrogens is 1. The minimum Gasteiger partial charge on any atom is -0.370 e. The van der Waals surface area contributed by atoms with E-state index in [2.05, 4.69) is 26.3 Å². The zero-order chi connectivity index (χ0) is 13.7. The molecule has 2 rings (SSSR count). The molecule has 0 spiro atoms. The minimum atomic E-state index is 0.334. The van der Waals surface area contributed by atoms with Crippen LogP contribution in [0.3, 0.4) is 0 Å². The van der Waals surface area contributed by atoms with Gasteiger partial charge in [0.05, 0.1) is 23.9 Å². The van der Waals surface area contributed by atoms with E-state index in [1.807, 2.05) is 24.3 Å². The summed E-state index contributed by atoms with van der Waals surface area (Å²) in [5.74, 6) is 5.86. The van der Waals surface area contributed by atoms with E-state index in [1.54, 1.807) is 12.1 Å².